The van der Waals surface area contributed by atoms with Gasteiger partial charge in [0.1, 0.15) is 5.25 Å². The van der Waals surface area contributed by atoms with Crippen molar-refractivity contribution in [3.05, 3.63) is 88.4 Å². The maximum atomic E-state index is 12.8. The van der Waals surface area contributed by atoms with Crippen LogP contribution in [0.1, 0.15) is 12.5 Å². The fraction of sp³-hybridized carbons (Fsp3) is 0.190. The zero-order chi connectivity index (χ0) is 20.1. The van der Waals surface area contributed by atoms with E-state index in [9.17, 15) is 13.2 Å². The maximum Gasteiger partial charge on any atom is 0.255 e. The van der Waals surface area contributed by atoms with Gasteiger partial charge >= 0.3 is 0 Å². The van der Waals surface area contributed by atoms with Gasteiger partial charge in [0, 0.05) is 22.3 Å². The van der Waals surface area contributed by atoms with E-state index in [4.69, 9.17) is 0 Å². The minimum absolute atomic E-state index is 0.213. The van der Waals surface area contributed by atoms with Crippen LogP contribution in [0.15, 0.2) is 82.9 Å². The number of hydrogen-bond donors (Lipinski definition) is 2. The molecule has 0 bridgehead atoms. The minimum atomic E-state index is -3.64. The van der Waals surface area contributed by atoms with Crippen molar-refractivity contribution in [1.82, 2.24) is 4.72 Å². The van der Waals surface area contributed by atoms with Crippen molar-refractivity contribution in [3.63, 3.8) is 0 Å². The molecule has 28 heavy (non-hydrogen) atoms. The monoisotopic (exact) mass is 460 g/mol. The van der Waals surface area contributed by atoms with E-state index >= 15 is 0 Å². The van der Waals surface area contributed by atoms with E-state index < -0.39 is 15.3 Å². The van der Waals surface area contributed by atoms with Gasteiger partial charge in [0.25, 0.3) is 5.91 Å². The fourth-order valence-electron chi connectivity index (χ4n) is 2.89. The highest BCUT2D eigenvalue weighted by molar-refractivity contribution is 9.10. The molecule has 2 aromatic rings. The topological polar surface area (TPSA) is 75.3 Å². The Hall–Kier alpha value is -2.22. The second-order valence-electron chi connectivity index (χ2n) is 6.62. The van der Waals surface area contributed by atoms with Crippen LogP contribution in [0.5, 0.6) is 0 Å². The number of benzene rings is 2. The van der Waals surface area contributed by atoms with Gasteiger partial charge in [-0.2, -0.15) is 0 Å². The first-order valence-electron chi connectivity index (χ1n) is 8.84. The molecule has 0 fully saturated rings. The van der Waals surface area contributed by atoms with Crippen molar-refractivity contribution in [2.75, 3.05) is 5.32 Å². The maximum absolute atomic E-state index is 12.8. The van der Waals surface area contributed by atoms with Gasteiger partial charge in [-0.05, 0) is 35.7 Å². The molecule has 2 atom stereocenters. The first kappa shape index (κ1) is 20.5. The summed E-state index contributed by atoms with van der Waals surface area (Å²) in [6.07, 6.45) is 4.94. The highest BCUT2D eigenvalue weighted by Gasteiger charge is 2.31. The first-order chi connectivity index (χ1) is 13.3. The predicted molar refractivity (Wildman–Crippen MR) is 115 cm³/mol. The molecule has 0 saturated carbocycles. The summed E-state index contributed by atoms with van der Waals surface area (Å²) in [5, 5.41) is 1.98. The number of anilines is 1. The number of amides is 1. The highest BCUT2D eigenvalue weighted by atomic mass is 79.9. The second kappa shape index (κ2) is 8.86. The summed E-state index contributed by atoms with van der Waals surface area (Å²) in [7, 11) is -3.64. The third-order valence-electron chi connectivity index (χ3n) is 4.48. The van der Waals surface area contributed by atoms with Gasteiger partial charge in [0.05, 0.1) is 0 Å². The number of rotatable bonds is 6. The molecule has 0 saturated heterocycles. The summed E-state index contributed by atoms with van der Waals surface area (Å²) in [5.74, 6) is -0.578. The fourth-order valence-corrected chi connectivity index (χ4v) is 4.69. The number of carbonyl (C=O) groups is 1. The zero-order valence-electron chi connectivity index (χ0n) is 15.3. The summed E-state index contributed by atoms with van der Waals surface area (Å²) in [4.78, 5) is 12.6. The first-order valence-corrected chi connectivity index (χ1v) is 11.2. The zero-order valence-corrected chi connectivity index (χ0v) is 17.7. The Balaban J connectivity index is 1.73. The molecule has 2 N–H and O–H groups in total. The molecule has 2 aromatic carbocycles. The molecule has 0 radical (unpaired) electrons. The molecular weight excluding hydrogens is 440 g/mol. The number of allylic oxidation sites excluding steroid dienone is 1. The van der Waals surface area contributed by atoms with Crippen LogP contribution < -0.4 is 10.0 Å². The van der Waals surface area contributed by atoms with E-state index in [0.717, 1.165) is 10.0 Å². The molecule has 1 amide bonds. The molecule has 0 aliphatic heterocycles. The van der Waals surface area contributed by atoms with E-state index in [0.29, 0.717) is 11.3 Å². The molecular formula is C21H21BrN2O3S. The summed E-state index contributed by atoms with van der Waals surface area (Å²) in [6, 6.07) is 16.5. The minimum Gasteiger partial charge on any atom is -0.322 e. The average Bonchev–Trinajstić information content (AvgIpc) is 2.69. The van der Waals surface area contributed by atoms with Crippen LogP contribution in [0.25, 0.3) is 0 Å². The van der Waals surface area contributed by atoms with Crippen molar-refractivity contribution in [2.24, 2.45) is 5.92 Å². The Labute approximate surface area is 173 Å². The van der Waals surface area contributed by atoms with E-state index in [2.05, 4.69) is 26.0 Å². The van der Waals surface area contributed by atoms with Crippen molar-refractivity contribution >= 4 is 37.5 Å². The third-order valence-corrected chi connectivity index (χ3v) is 6.84. The largest absolute Gasteiger partial charge is 0.322 e. The Morgan fingerprint density at radius 1 is 1.07 bits per heavy atom. The van der Waals surface area contributed by atoms with Crippen LogP contribution in [0, 0.1) is 5.92 Å². The molecule has 0 aromatic heterocycles. The molecule has 0 spiro atoms. The van der Waals surface area contributed by atoms with E-state index in [1.807, 2.05) is 49.4 Å². The van der Waals surface area contributed by atoms with Gasteiger partial charge in [0.2, 0.25) is 10.0 Å². The number of hydrogen-bond acceptors (Lipinski definition) is 3. The van der Waals surface area contributed by atoms with Crippen LogP contribution in [0.2, 0.25) is 0 Å². The van der Waals surface area contributed by atoms with Crippen LogP contribution in [-0.4, -0.2) is 19.6 Å². The number of halogens is 1. The van der Waals surface area contributed by atoms with Crippen molar-refractivity contribution in [3.8, 4) is 0 Å². The van der Waals surface area contributed by atoms with Crippen LogP contribution >= 0.6 is 15.9 Å². The summed E-state index contributed by atoms with van der Waals surface area (Å²) in [5.41, 5.74) is 1.85. The Morgan fingerprint density at radius 3 is 2.43 bits per heavy atom. The molecule has 7 heteroatoms. The lowest BCUT2D eigenvalue weighted by atomic mass is 9.97. The molecule has 5 nitrogen and oxygen atoms in total. The van der Waals surface area contributed by atoms with Crippen LogP contribution in [-0.2, 0) is 21.4 Å². The lowest BCUT2D eigenvalue weighted by Crippen LogP contribution is -2.38. The van der Waals surface area contributed by atoms with Crippen molar-refractivity contribution in [2.45, 2.75) is 18.7 Å². The lowest BCUT2D eigenvalue weighted by molar-refractivity contribution is -0.112. The summed E-state index contributed by atoms with van der Waals surface area (Å²) in [6.45, 7) is 2.03. The number of nitrogens with one attached hydrogen (secondary N) is 2. The van der Waals surface area contributed by atoms with Crippen molar-refractivity contribution < 1.29 is 13.2 Å². The average molecular weight is 461 g/mol. The predicted octanol–water partition coefficient (Wildman–Crippen LogP) is 4.01. The summed E-state index contributed by atoms with van der Waals surface area (Å²) < 4.78 is 29.2. The van der Waals surface area contributed by atoms with Gasteiger partial charge in [-0.3, -0.25) is 4.79 Å². The third kappa shape index (κ3) is 5.19. The molecule has 0 heterocycles. The molecule has 1 aliphatic rings. The van der Waals surface area contributed by atoms with Crippen molar-refractivity contribution in [1.29, 1.82) is 0 Å². The highest BCUT2D eigenvalue weighted by Crippen LogP contribution is 2.24. The summed E-state index contributed by atoms with van der Waals surface area (Å²) >= 11 is 3.35. The Bertz CT molecular complexity index is 1000. The number of sulfonamides is 1. The number of carbonyl (C=O) groups excluding carboxylic acids is 1. The van der Waals surface area contributed by atoms with Gasteiger partial charge in [-0.1, -0.05) is 71.4 Å². The van der Waals surface area contributed by atoms with Gasteiger partial charge < -0.3 is 5.32 Å². The van der Waals surface area contributed by atoms with Gasteiger partial charge in [0.15, 0.2) is 0 Å². The van der Waals surface area contributed by atoms with Crippen LogP contribution in [0.4, 0.5) is 5.69 Å². The van der Waals surface area contributed by atoms with E-state index in [1.165, 1.54) is 6.08 Å². The van der Waals surface area contributed by atoms with Gasteiger partial charge in [-0.25, -0.2) is 13.1 Å². The lowest BCUT2D eigenvalue weighted by Gasteiger charge is -2.23. The Morgan fingerprint density at radius 2 is 1.75 bits per heavy atom. The molecule has 3 rings (SSSR count). The van der Waals surface area contributed by atoms with Crippen LogP contribution in [0.3, 0.4) is 0 Å². The molecule has 1 aliphatic carbocycles. The quantitative estimate of drug-likeness (QED) is 0.683. The second-order valence-corrected chi connectivity index (χ2v) is 9.46. The van der Waals surface area contributed by atoms with Gasteiger partial charge in [-0.15, -0.1) is 0 Å². The van der Waals surface area contributed by atoms with E-state index in [-0.39, 0.29) is 18.4 Å². The molecule has 146 valence electrons. The Kier molecular flexibility index (Phi) is 6.49. The standard InChI is InChI=1S/C21H21BrN2O3S/c1-15-7-8-17(21(25)24-19-11-9-18(22)10-12-19)13-20(15)28(26,27)23-14-16-5-3-2-4-6-16/h2-13,15,20,23H,14H2,1H3,(H,24,25). The smallest absolute Gasteiger partial charge is 0.255 e. The van der Waals surface area contributed by atoms with E-state index in [1.54, 1.807) is 24.3 Å². The SMILES string of the molecule is CC1C=CC(C(=O)Nc2ccc(Br)cc2)=CC1S(=O)(=O)NCc1ccccc1. The normalized spacial score (nSPS) is 19.1. The molecule has 2 unspecified atom stereocenters.